The van der Waals surface area contributed by atoms with Crippen molar-refractivity contribution in [2.75, 3.05) is 47.5 Å². The third-order valence-electron chi connectivity index (χ3n) is 8.29. The van der Waals surface area contributed by atoms with Crippen molar-refractivity contribution >= 4 is 19.8 Å². The molecule has 0 N–H and O–H groups in total. The number of rotatable bonds is 37. The number of likely N-dealkylation sites (N-methyl/N-ethyl adjacent to an activating group) is 1. The molecule has 1 unspecified atom stereocenters. The van der Waals surface area contributed by atoms with Gasteiger partial charge in [0.1, 0.15) is 19.8 Å². The second kappa shape index (κ2) is 39.1. The zero-order valence-electron chi connectivity index (χ0n) is 36.7. The van der Waals surface area contributed by atoms with E-state index in [1.807, 2.05) is 33.3 Å². The van der Waals surface area contributed by atoms with Crippen LogP contribution in [0.4, 0.5) is 0 Å². The fourth-order valence-electron chi connectivity index (χ4n) is 4.92. The second-order valence-corrected chi connectivity index (χ2v) is 16.4. The average molecular weight is 828 g/mol. The number of phosphoric acid groups is 1. The van der Waals surface area contributed by atoms with Crippen molar-refractivity contribution < 1.29 is 42.1 Å². The molecule has 0 aromatic carbocycles. The van der Waals surface area contributed by atoms with Gasteiger partial charge in [-0.1, -0.05) is 136 Å². The molecule has 0 saturated carbocycles. The van der Waals surface area contributed by atoms with Crippen LogP contribution >= 0.6 is 7.82 Å². The SMILES string of the molecule is CC/C=C/C/C=C/C/C=C/C/C=C/C/C=C/C/C=C/CCC(=O)O[C@H](COC(=O)CCCC/C=C/C/C=C/C/C=C/CCCCC)COP(=O)([O-])OCC[N+](C)(C)C. The molecule has 0 aliphatic rings. The van der Waals surface area contributed by atoms with E-state index in [2.05, 4.69) is 111 Å². The van der Waals surface area contributed by atoms with Crippen LogP contribution in [0, 0.1) is 0 Å². The number of esters is 2. The standard InChI is InChI=1S/C48H78NO8P/c1-6-8-10-12-14-16-18-20-22-23-24-25-27-29-31-33-35-37-39-41-48(51)57-46(45-56-58(52,53)55-43-42-49(3,4)5)44-54-47(50)40-38-36-34-32-30-28-26-21-19-17-15-13-11-9-7-2/h8,10,14-17,20-22,24-26,29-32,35,37,46H,6-7,9,11-13,18-19,23,27-28,33-34,36,38-45H2,1-5H3/b10-8+,16-14+,17-15+,22-20+,25-24+,26-21+,31-29+,32-30+,37-35+/t46-/m1/s1. The second-order valence-electron chi connectivity index (χ2n) is 15.0. The van der Waals surface area contributed by atoms with Crippen LogP contribution in [0.5, 0.6) is 0 Å². The van der Waals surface area contributed by atoms with Crippen molar-refractivity contribution in [1.29, 1.82) is 0 Å². The van der Waals surface area contributed by atoms with Crippen LogP contribution < -0.4 is 4.89 Å². The maximum absolute atomic E-state index is 12.6. The topological polar surface area (TPSA) is 111 Å². The minimum absolute atomic E-state index is 0.0571. The Morgan fingerprint density at radius 1 is 0.552 bits per heavy atom. The van der Waals surface area contributed by atoms with Gasteiger partial charge in [-0.15, -0.1) is 0 Å². The molecule has 9 nitrogen and oxygen atoms in total. The predicted octanol–water partition coefficient (Wildman–Crippen LogP) is 11.7. The lowest BCUT2D eigenvalue weighted by Crippen LogP contribution is -2.37. The van der Waals surface area contributed by atoms with E-state index in [4.69, 9.17) is 18.5 Å². The van der Waals surface area contributed by atoms with Gasteiger partial charge in [0.2, 0.25) is 0 Å². The smallest absolute Gasteiger partial charge is 0.306 e. The molecule has 2 atom stereocenters. The molecule has 0 aromatic heterocycles. The monoisotopic (exact) mass is 828 g/mol. The molecule has 0 aliphatic heterocycles. The zero-order chi connectivity index (χ0) is 42.8. The Labute approximate surface area is 353 Å². The Hall–Kier alpha value is -3.33. The van der Waals surface area contributed by atoms with Gasteiger partial charge in [-0.3, -0.25) is 14.2 Å². The number of quaternary nitrogens is 1. The Kier molecular flexibility index (Phi) is 36.9. The van der Waals surface area contributed by atoms with Crippen molar-refractivity contribution in [3.63, 3.8) is 0 Å². The summed E-state index contributed by atoms with van der Waals surface area (Å²) in [4.78, 5) is 37.5. The van der Waals surface area contributed by atoms with Crippen molar-refractivity contribution in [2.45, 2.75) is 136 Å². The molecule has 0 radical (unpaired) electrons. The third-order valence-corrected chi connectivity index (χ3v) is 9.25. The summed E-state index contributed by atoms with van der Waals surface area (Å²) in [6.07, 6.45) is 52.8. The molecule has 0 amide bonds. The summed E-state index contributed by atoms with van der Waals surface area (Å²) >= 11 is 0. The Balaban J connectivity index is 4.60. The van der Waals surface area contributed by atoms with Gasteiger partial charge in [-0.25, -0.2) is 0 Å². The Morgan fingerprint density at radius 3 is 1.47 bits per heavy atom. The van der Waals surface area contributed by atoms with Crippen LogP contribution in [0.1, 0.15) is 129 Å². The quantitative estimate of drug-likeness (QED) is 0.0200. The third kappa shape index (κ3) is 42.3. The van der Waals surface area contributed by atoms with Gasteiger partial charge in [0, 0.05) is 12.8 Å². The largest absolute Gasteiger partial charge is 0.756 e. The van der Waals surface area contributed by atoms with Gasteiger partial charge in [-0.05, 0) is 89.9 Å². The number of carbonyl (C=O) groups excluding carboxylic acids is 2. The van der Waals surface area contributed by atoms with Gasteiger partial charge < -0.3 is 27.9 Å². The number of unbranched alkanes of at least 4 members (excludes halogenated alkanes) is 5. The maximum atomic E-state index is 12.6. The highest BCUT2D eigenvalue weighted by molar-refractivity contribution is 7.45. The summed E-state index contributed by atoms with van der Waals surface area (Å²) in [7, 11) is 1.08. The van der Waals surface area contributed by atoms with Crippen LogP contribution in [-0.4, -0.2) is 70.0 Å². The van der Waals surface area contributed by atoms with Crippen molar-refractivity contribution in [1.82, 2.24) is 0 Å². The van der Waals surface area contributed by atoms with Gasteiger partial charge in [0.15, 0.2) is 6.10 Å². The highest BCUT2D eigenvalue weighted by atomic mass is 31.2. The van der Waals surface area contributed by atoms with Crippen molar-refractivity contribution in [2.24, 2.45) is 0 Å². The first-order chi connectivity index (χ1) is 28.0. The normalized spacial score (nSPS) is 14.7. The van der Waals surface area contributed by atoms with E-state index in [1.165, 1.54) is 19.3 Å². The van der Waals surface area contributed by atoms with Gasteiger partial charge in [0.25, 0.3) is 7.82 Å². The molecule has 328 valence electrons. The number of ether oxygens (including phenoxy) is 2. The number of allylic oxidation sites excluding steroid dienone is 18. The molecule has 0 saturated heterocycles. The van der Waals surface area contributed by atoms with E-state index >= 15 is 0 Å². The molecule has 0 bridgehead atoms. The summed E-state index contributed by atoms with van der Waals surface area (Å²) in [6.45, 7) is 3.91. The van der Waals surface area contributed by atoms with Gasteiger partial charge in [0.05, 0.1) is 27.7 Å². The highest BCUT2D eigenvalue weighted by Crippen LogP contribution is 2.38. The van der Waals surface area contributed by atoms with Crippen molar-refractivity contribution in [3.05, 3.63) is 109 Å². The van der Waals surface area contributed by atoms with Crippen LogP contribution in [-0.2, 0) is 32.7 Å². The minimum Gasteiger partial charge on any atom is -0.756 e. The predicted molar refractivity (Wildman–Crippen MR) is 240 cm³/mol. The van der Waals surface area contributed by atoms with Gasteiger partial charge in [-0.2, -0.15) is 0 Å². The first-order valence-corrected chi connectivity index (χ1v) is 23.1. The van der Waals surface area contributed by atoms with E-state index in [0.717, 1.165) is 70.6 Å². The summed E-state index contributed by atoms with van der Waals surface area (Å²) in [5.74, 6) is -0.991. The molecule has 58 heavy (non-hydrogen) atoms. The van der Waals surface area contributed by atoms with Crippen molar-refractivity contribution in [3.8, 4) is 0 Å². The average Bonchev–Trinajstić information content (AvgIpc) is 3.17. The molecule has 0 aliphatic carbocycles. The lowest BCUT2D eigenvalue weighted by Gasteiger charge is -2.28. The van der Waals surface area contributed by atoms with Crippen LogP contribution in [0.3, 0.4) is 0 Å². The maximum Gasteiger partial charge on any atom is 0.306 e. The van der Waals surface area contributed by atoms with Crippen LogP contribution in [0.15, 0.2) is 109 Å². The zero-order valence-corrected chi connectivity index (χ0v) is 37.6. The summed E-state index contributed by atoms with van der Waals surface area (Å²) in [5.41, 5.74) is 0. The molecule has 10 heteroatoms. The summed E-state index contributed by atoms with van der Waals surface area (Å²) < 4.78 is 33.7. The van der Waals surface area contributed by atoms with Crippen LogP contribution in [0.2, 0.25) is 0 Å². The molecular formula is C48H78NO8P. The highest BCUT2D eigenvalue weighted by Gasteiger charge is 2.21. The fraction of sp³-hybridized carbons (Fsp3) is 0.583. The molecule has 0 heterocycles. The first-order valence-electron chi connectivity index (χ1n) is 21.6. The minimum atomic E-state index is -4.66. The lowest BCUT2D eigenvalue weighted by molar-refractivity contribution is -0.870. The Morgan fingerprint density at radius 2 is 1.00 bits per heavy atom. The number of hydrogen-bond donors (Lipinski definition) is 0. The van der Waals surface area contributed by atoms with Gasteiger partial charge >= 0.3 is 11.9 Å². The van der Waals surface area contributed by atoms with E-state index < -0.39 is 32.5 Å². The van der Waals surface area contributed by atoms with E-state index in [1.54, 1.807) is 0 Å². The molecule has 0 spiro atoms. The number of hydrogen-bond acceptors (Lipinski definition) is 8. The molecule has 0 aromatic rings. The van der Waals surface area contributed by atoms with E-state index in [-0.39, 0.29) is 26.1 Å². The number of nitrogens with zero attached hydrogens (tertiary/aromatic N) is 1. The lowest BCUT2D eigenvalue weighted by atomic mass is 10.1. The number of carbonyl (C=O) groups is 2. The van der Waals surface area contributed by atoms with Crippen LogP contribution in [0.25, 0.3) is 0 Å². The molecule has 0 rings (SSSR count). The molecule has 0 fully saturated rings. The molecular weight excluding hydrogens is 750 g/mol. The first kappa shape index (κ1) is 54.7. The fourth-order valence-corrected chi connectivity index (χ4v) is 5.65. The summed E-state index contributed by atoms with van der Waals surface area (Å²) in [6, 6.07) is 0. The number of phosphoric ester groups is 1. The van der Waals surface area contributed by atoms with E-state index in [9.17, 15) is 19.0 Å². The van der Waals surface area contributed by atoms with E-state index in [0.29, 0.717) is 23.9 Å². The Bertz CT molecular complexity index is 1350. The summed E-state index contributed by atoms with van der Waals surface area (Å²) in [5, 5.41) is 0.